The predicted octanol–water partition coefficient (Wildman–Crippen LogP) is 15.4. The highest BCUT2D eigenvalue weighted by molar-refractivity contribution is 7.80. The van der Waals surface area contributed by atoms with E-state index in [4.69, 9.17) is 12.2 Å². The van der Waals surface area contributed by atoms with Crippen molar-refractivity contribution in [1.29, 1.82) is 0 Å². The molecule has 1 atom stereocenters. The fraction of sp³-hybridized carbons (Fsp3) is 0.614. The number of hydrogen-bond donors (Lipinski definition) is 2. The standard InChI is InChI=1S/C18H26N2S.C16H30N2O.C11H21N.C7H5NS.C5H9NS/c1-17(2,3)20-12-11-18(4,5)15(13-20)16(21)19-14-9-7-6-8-10-14;1-7-8-10-17-14(19)13-12-18(15(2,3)4)11-9-16(13,5)6;1-10(2,3)12-8-6-11(4,5)7-9-12;9-6-8-7-4-2-1-3-5-7;1-2-3-4-6-5-7/h6-12,15H,13H2,1-5H3,(H,19,21);12H,7-11H2,1-6H3,(H,17,19);6,8H,7,9H2,1-5H3;1-5H;2-4H2,1H3. The number of rotatable bonds is 10. The lowest BCUT2D eigenvalue weighted by atomic mass is 9.75. The molecule has 2 aromatic carbocycles. The molecule has 378 valence electrons. The third-order valence-corrected chi connectivity index (χ3v) is 12.9. The summed E-state index contributed by atoms with van der Waals surface area (Å²) >= 11 is 14.5. The Morgan fingerprint density at radius 1 is 0.721 bits per heavy atom. The van der Waals surface area contributed by atoms with Crippen molar-refractivity contribution in [2.24, 2.45) is 32.1 Å². The summed E-state index contributed by atoms with van der Waals surface area (Å²) in [6, 6.07) is 19.7. The molecule has 0 aliphatic carbocycles. The number of amides is 1. The number of para-hydroxylation sites is 2. The lowest BCUT2D eigenvalue weighted by molar-refractivity contribution is -0.118. The van der Waals surface area contributed by atoms with Gasteiger partial charge in [0.25, 0.3) is 0 Å². The van der Waals surface area contributed by atoms with Gasteiger partial charge < -0.3 is 25.3 Å². The number of carbonyl (C=O) groups excluding carboxylic acids is 1. The number of aliphatic imine (C=N–C) groups is 2. The molecule has 8 nitrogen and oxygen atoms in total. The van der Waals surface area contributed by atoms with Crippen LogP contribution in [-0.4, -0.2) is 85.3 Å². The average molecular weight is 987 g/mol. The Hall–Kier alpha value is -3.98. The molecular weight excluding hydrogens is 895 g/mol. The third-order valence-electron chi connectivity index (χ3n) is 12.3. The molecule has 3 aliphatic heterocycles. The minimum absolute atomic E-state index is 0.0297. The number of nitrogens with zero attached hydrogens (tertiary/aromatic N) is 5. The summed E-state index contributed by atoms with van der Waals surface area (Å²) < 4.78 is 0. The minimum Gasteiger partial charge on any atom is -0.373 e. The normalized spacial score (nSPS) is 17.8. The van der Waals surface area contributed by atoms with Crippen LogP contribution in [0.2, 0.25) is 0 Å². The van der Waals surface area contributed by atoms with Gasteiger partial charge in [0.15, 0.2) is 0 Å². The Morgan fingerprint density at radius 3 is 1.74 bits per heavy atom. The van der Waals surface area contributed by atoms with Crippen molar-refractivity contribution in [3.8, 4) is 0 Å². The molecular formula is C57H91N7OS3. The molecule has 3 aliphatic rings. The molecule has 0 saturated carbocycles. The van der Waals surface area contributed by atoms with Gasteiger partial charge in [0.1, 0.15) is 0 Å². The number of thiocarbonyl (C=S) groups is 3. The summed E-state index contributed by atoms with van der Waals surface area (Å²) in [5.41, 5.74) is 3.76. The van der Waals surface area contributed by atoms with Crippen LogP contribution in [0, 0.1) is 22.2 Å². The molecule has 0 aromatic heterocycles. The Labute approximate surface area is 431 Å². The van der Waals surface area contributed by atoms with Gasteiger partial charge in [-0.05, 0) is 165 Å². The first-order valence-electron chi connectivity index (χ1n) is 24.8. The molecule has 0 radical (unpaired) electrons. The van der Waals surface area contributed by atoms with Gasteiger partial charge in [0.05, 0.1) is 21.0 Å². The van der Waals surface area contributed by atoms with E-state index in [-0.39, 0.29) is 33.4 Å². The topological polar surface area (TPSA) is 75.6 Å². The number of carbonyl (C=O) groups is 1. The van der Waals surface area contributed by atoms with Crippen molar-refractivity contribution in [2.45, 2.75) is 173 Å². The highest BCUT2D eigenvalue weighted by Gasteiger charge is 2.38. The first-order valence-corrected chi connectivity index (χ1v) is 26.0. The van der Waals surface area contributed by atoms with Gasteiger partial charge >= 0.3 is 0 Å². The molecule has 1 amide bonds. The highest BCUT2D eigenvalue weighted by atomic mass is 32.1. The zero-order valence-corrected chi connectivity index (χ0v) is 47.8. The van der Waals surface area contributed by atoms with Crippen molar-refractivity contribution in [2.75, 3.05) is 38.0 Å². The number of anilines is 1. The molecule has 0 fully saturated rings. The molecule has 0 saturated heterocycles. The summed E-state index contributed by atoms with van der Waals surface area (Å²) in [4.78, 5) is 27.9. The molecule has 5 rings (SSSR count). The van der Waals surface area contributed by atoms with Gasteiger partial charge in [-0.15, -0.1) is 0 Å². The van der Waals surface area contributed by atoms with Gasteiger partial charge in [-0.3, -0.25) is 4.79 Å². The summed E-state index contributed by atoms with van der Waals surface area (Å²) in [6.07, 6.45) is 17.9. The van der Waals surface area contributed by atoms with Crippen molar-refractivity contribution in [1.82, 2.24) is 20.0 Å². The molecule has 2 N–H and O–H groups in total. The van der Waals surface area contributed by atoms with E-state index >= 15 is 0 Å². The zero-order chi connectivity index (χ0) is 51.8. The van der Waals surface area contributed by atoms with E-state index in [0.717, 1.165) is 73.8 Å². The number of nitrogens with one attached hydrogen (secondary N) is 2. The SMILES string of the molecule is CC1(C)C=CN(C(C)(C)C)CC1.CC1(C)C=CN(C(C)(C)C)CC1C(=S)Nc1ccccc1.CCCCN=C=S.CCCCNC(=O)C1=CN(C(C)(C)C)CCC1(C)C.S=C=Nc1ccccc1. The van der Waals surface area contributed by atoms with Crippen LogP contribution in [0.3, 0.4) is 0 Å². The van der Waals surface area contributed by atoms with E-state index in [1.807, 2.05) is 48.5 Å². The van der Waals surface area contributed by atoms with Gasteiger partial charge in [0, 0.05) is 72.7 Å². The van der Waals surface area contributed by atoms with Gasteiger partial charge in [-0.25, -0.2) is 4.99 Å². The molecule has 0 bridgehead atoms. The van der Waals surface area contributed by atoms with E-state index < -0.39 is 0 Å². The molecule has 2 aromatic rings. The van der Waals surface area contributed by atoms with E-state index in [1.54, 1.807) is 0 Å². The maximum absolute atomic E-state index is 12.4. The van der Waals surface area contributed by atoms with Crippen LogP contribution >= 0.6 is 36.7 Å². The van der Waals surface area contributed by atoms with Crippen molar-refractivity contribution in [3.05, 3.63) is 97.0 Å². The first-order chi connectivity index (χ1) is 31.5. The van der Waals surface area contributed by atoms with Gasteiger partial charge in [0.2, 0.25) is 5.91 Å². The smallest absolute Gasteiger partial charge is 0.249 e. The Balaban J connectivity index is 0.000000449. The van der Waals surface area contributed by atoms with Crippen molar-refractivity contribution in [3.63, 3.8) is 0 Å². The highest BCUT2D eigenvalue weighted by Crippen LogP contribution is 2.38. The number of allylic oxidation sites excluding steroid dienone is 2. The fourth-order valence-electron chi connectivity index (χ4n) is 7.11. The maximum atomic E-state index is 12.4. The largest absolute Gasteiger partial charge is 0.373 e. The van der Waals surface area contributed by atoms with Crippen molar-refractivity contribution >= 4 is 69.2 Å². The molecule has 1 unspecified atom stereocenters. The second-order valence-electron chi connectivity index (χ2n) is 22.8. The summed E-state index contributed by atoms with van der Waals surface area (Å²) in [5, 5.41) is 11.1. The van der Waals surface area contributed by atoms with E-state index in [1.165, 1.54) is 19.4 Å². The monoisotopic (exact) mass is 986 g/mol. The molecule has 3 heterocycles. The van der Waals surface area contributed by atoms with E-state index in [2.05, 4.69) is 231 Å². The molecule has 68 heavy (non-hydrogen) atoms. The van der Waals surface area contributed by atoms with E-state index in [9.17, 15) is 4.79 Å². The lowest BCUT2D eigenvalue weighted by Gasteiger charge is -2.45. The Morgan fingerprint density at radius 2 is 1.25 bits per heavy atom. The van der Waals surface area contributed by atoms with Crippen LogP contribution in [0.4, 0.5) is 11.4 Å². The number of benzene rings is 2. The zero-order valence-electron chi connectivity index (χ0n) is 45.4. The quantitative estimate of drug-likeness (QED) is 0.139. The summed E-state index contributed by atoms with van der Waals surface area (Å²) in [5.74, 6) is 0.407. The van der Waals surface area contributed by atoms with Gasteiger partial charge in [-0.2, -0.15) is 4.99 Å². The van der Waals surface area contributed by atoms with Gasteiger partial charge in [-0.1, -0.05) is 129 Å². The fourth-order valence-corrected chi connectivity index (χ4v) is 7.81. The van der Waals surface area contributed by atoms with Crippen LogP contribution in [0.15, 0.2) is 107 Å². The maximum Gasteiger partial charge on any atom is 0.249 e. The third kappa shape index (κ3) is 24.0. The van der Waals surface area contributed by atoms with Crippen LogP contribution in [0.25, 0.3) is 0 Å². The first kappa shape index (κ1) is 62.0. The lowest BCUT2D eigenvalue weighted by Crippen LogP contribution is -2.49. The van der Waals surface area contributed by atoms with Crippen LogP contribution in [0.5, 0.6) is 0 Å². The second kappa shape index (κ2) is 29.3. The molecule has 0 spiro atoms. The van der Waals surface area contributed by atoms with Crippen LogP contribution in [-0.2, 0) is 4.79 Å². The average Bonchev–Trinajstić information content (AvgIpc) is 3.24. The summed E-state index contributed by atoms with van der Waals surface area (Å²) in [6.45, 7) is 42.5. The van der Waals surface area contributed by atoms with Crippen molar-refractivity contribution < 1.29 is 4.79 Å². The number of isothiocyanates is 2. The Bertz CT molecular complexity index is 1990. The van der Waals surface area contributed by atoms with E-state index in [0.29, 0.717) is 11.3 Å². The second-order valence-corrected chi connectivity index (χ2v) is 23.6. The predicted molar refractivity (Wildman–Crippen MR) is 306 cm³/mol. The molecule has 11 heteroatoms. The van der Waals surface area contributed by atoms with Crippen LogP contribution in [0.1, 0.15) is 156 Å². The summed E-state index contributed by atoms with van der Waals surface area (Å²) in [7, 11) is 0. The minimum atomic E-state index is -0.0297. The Kier molecular flexibility index (Phi) is 26.7. The van der Waals surface area contributed by atoms with Crippen LogP contribution < -0.4 is 10.6 Å². The number of unbranched alkanes of at least 4 members (excludes halogenated alkanes) is 2. The number of hydrogen-bond acceptors (Lipinski definition) is 9.